The van der Waals surface area contributed by atoms with Crippen LogP contribution in [-0.4, -0.2) is 38.7 Å². The van der Waals surface area contributed by atoms with Gasteiger partial charge in [-0.1, -0.05) is 19.3 Å². The molecule has 0 bridgehead atoms. The lowest BCUT2D eigenvalue weighted by atomic mass is 9.96. The third kappa shape index (κ3) is 6.47. The van der Waals surface area contributed by atoms with E-state index in [1.165, 1.54) is 38.4 Å². The third-order valence-electron chi connectivity index (χ3n) is 2.72. The molecule has 88 valence electrons. The first-order valence-electron chi connectivity index (χ1n) is 5.95. The molecule has 1 aliphatic heterocycles. The number of ether oxygens (including phenoxy) is 1. The van der Waals surface area contributed by atoms with Gasteiger partial charge >= 0.3 is 0 Å². The summed E-state index contributed by atoms with van der Waals surface area (Å²) in [5.41, 5.74) is 5.17. The Labute approximate surface area is 92.3 Å². The molecule has 1 heterocycles. The molecule has 4 heteroatoms. The zero-order chi connectivity index (χ0) is 10.8. The number of nitrogens with zero attached hydrogens (tertiary/aromatic N) is 1. The summed E-state index contributed by atoms with van der Waals surface area (Å²) < 4.78 is 5.01. The van der Waals surface area contributed by atoms with Crippen molar-refractivity contribution in [2.45, 2.75) is 38.1 Å². The highest BCUT2D eigenvalue weighted by molar-refractivity contribution is 5.51. The smallest absolute Gasteiger partial charge is 0.0801 e. The van der Waals surface area contributed by atoms with Crippen molar-refractivity contribution in [3.8, 4) is 0 Å². The molecule has 0 aromatic rings. The highest BCUT2D eigenvalue weighted by Gasteiger charge is 2.09. The maximum Gasteiger partial charge on any atom is 0.0801 e. The second kappa shape index (κ2) is 8.68. The highest BCUT2D eigenvalue weighted by Crippen LogP contribution is 2.19. The van der Waals surface area contributed by atoms with Gasteiger partial charge in [-0.3, -0.25) is 4.99 Å². The highest BCUT2D eigenvalue weighted by atomic mass is 16.5. The lowest BCUT2D eigenvalue weighted by Gasteiger charge is -2.16. The summed E-state index contributed by atoms with van der Waals surface area (Å²) in [6.07, 6.45) is 7.98. The molecular weight excluding hydrogens is 190 g/mol. The summed E-state index contributed by atoms with van der Waals surface area (Å²) in [6, 6.07) is 0.545. The van der Waals surface area contributed by atoms with Crippen LogP contribution in [0.5, 0.6) is 0 Å². The molecular formula is C11H23N3O. The molecule has 0 spiro atoms. The predicted octanol–water partition coefficient (Wildman–Crippen LogP) is 0.912. The van der Waals surface area contributed by atoms with Crippen molar-refractivity contribution < 1.29 is 4.74 Å². The second-order valence-electron chi connectivity index (χ2n) is 3.95. The van der Waals surface area contributed by atoms with Crippen LogP contribution >= 0.6 is 0 Å². The van der Waals surface area contributed by atoms with Crippen molar-refractivity contribution in [1.82, 2.24) is 5.32 Å². The van der Waals surface area contributed by atoms with Crippen molar-refractivity contribution >= 4 is 6.34 Å². The Balaban J connectivity index is 0.000000162. The van der Waals surface area contributed by atoms with Crippen LogP contribution in [0.15, 0.2) is 4.99 Å². The second-order valence-corrected chi connectivity index (χ2v) is 3.95. The van der Waals surface area contributed by atoms with Crippen LogP contribution in [0.25, 0.3) is 0 Å². The number of nitrogens with one attached hydrogen (secondary N) is 1. The van der Waals surface area contributed by atoms with E-state index in [0.717, 1.165) is 26.3 Å². The standard InChI is InChI=1S/C7H14N2.C4H9NO/c8-6-9-7-4-2-1-3-5-7;1-3-6-4-2-5-1/h6-7H,1-5H2,(H2,8,9);5H,1-4H2. The van der Waals surface area contributed by atoms with Crippen molar-refractivity contribution in [2.24, 2.45) is 10.7 Å². The van der Waals surface area contributed by atoms with E-state index >= 15 is 0 Å². The van der Waals surface area contributed by atoms with Gasteiger partial charge in [0.25, 0.3) is 0 Å². The molecule has 1 aliphatic carbocycles. The van der Waals surface area contributed by atoms with Crippen LogP contribution in [0.2, 0.25) is 0 Å². The fraction of sp³-hybridized carbons (Fsp3) is 0.909. The maximum absolute atomic E-state index is 5.17. The largest absolute Gasteiger partial charge is 0.390 e. The average Bonchev–Trinajstić information content (AvgIpc) is 2.34. The van der Waals surface area contributed by atoms with E-state index in [2.05, 4.69) is 10.3 Å². The first-order chi connectivity index (χ1) is 7.43. The van der Waals surface area contributed by atoms with Gasteiger partial charge in [0.1, 0.15) is 0 Å². The van der Waals surface area contributed by atoms with E-state index in [1.807, 2.05) is 0 Å². The summed E-state index contributed by atoms with van der Waals surface area (Å²) in [5, 5.41) is 3.16. The Kier molecular flexibility index (Phi) is 7.21. The summed E-state index contributed by atoms with van der Waals surface area (Å²) in [5.74, 6) is 0. The van der Waals surface area contributed by atoms with Crippen LogP contribution in [0.1, 0.15) is 32.1 Å². The quantitative estimate of drug-likeness (QED) is 0.503. The SMILES string of the molecule is C1COCCN1.NC=NC1CCCCC1. The molecule has 0 amide bonds. The van der Waals surface area contributed by atoms with Gasteiger partial charge in [0.05, 0.1) is 25.6 Å². The molecule has 0 unspecified atom stereocenters. The lowest BCUT2D eigenvalue weighted by Crippen LogP contribution is -2.30. The molecule has 2 rings (SSSR count). The Morgan fingerprint density at radius 1 is 1.13 bits per heavy atom. The molecule has 0 aromatic carbocycles. The summed E-state index contributed by atoms with van der Waals surface area (Å²) >= 11 is 0. The van der Waals surface area contributed by atoms with E-state index in [1.54, 1.807) is 0 Å². The number of nitrogens with two attached hydrogens (primary N) is 1. The maximum atomic E-state index is 5.17. The molecule has 0 radical (unpaired) electrons. The fourth-order valence-electron chi connectivity index (χ4n) is 1.87. The van der Waals surface area contributed by atoms with Crippen LogP contribution in [0, 0.1) is 0 Å². The molecule has 1 saturated heterocycles. The van der Waals surface area contributed by atoms with E-state index in [0.29, 0.717) is 6.04 Å². The van der Waals surface area contributed by atoms with E-state index in [9.17, 15) is 0 Å². The third-order valence-corrected chi connectivity index (χ3v) is 2.72. The van der Waals surface area contributed by atoms with Crippen LogP contribution in [0.4, 0.5) is 0 Å². The van der Waals surface area contributed by atoms with Crippen LogP contribution < -0.4 is 11.1 Å². The molecule has 2 aliphatic rings. The number of morpholine rings is 1. The topological polar surface area (TPSA) is 59.6 Å². The van der Waals surface area contributed by atoms with Gasteiger partial charge in [-0.05, 0) is 12.8 Å². The summed E-state index contributed by atoms with van der Waals surface area (Å²) in [7, 11) is 0. The van der Waals surface area contributed by atoms with Gasteiger partial charge < -0.3 is 15.8 Å². The van der Waals surface area contributed by atoms with E-state index < -0.39 is 0 Å². The molecule has 3 N–H and O–H groups in total. The van der Waals surface area contributed by atoms with Crippen molar-refractivity contribution in [3.05, 3.63) is 0 Å². The van der Waals surface area contributed by atoms with E-state index in [-0.39, 0.29) is 0 Å². The van der Waals surface area contributed by atoms with Crippen molar-refractivity contribution in [2.75, 3.05) is 26.3 Å². The lowest BCUT2D eigenvalue weighted by molar-refractivity contribution is 0.109. The molecule has 0 atom stereocenters. The van der Waals surface area contributed by atoms with Gasteiger partial charge in [-0.25, -0.2) is 0 Å². The van der Waals surface area contributed by atoms with Gasteiger partial charge in [0, 0.05) is 13.1 Å². The Morgan fingerprint density at radius 2 is 1.80 bits per heavy atom. The number of rotatable bonds is 1. The summed E-state index contributed by atoms with van der Waals surface area (Å²) in [4.78, 5) is 4.14. The number of hydrogen-bond acceptors (Lipinski definition) is 3. The van der Waals surface area contributed by atoms with Crippen LogP contribution in [0.3, 0.4) is 0 Å². The summed E-state index contributed by atoms with van der Waals surface area (Å²) in [6.45, 7) is 3.83. The fourth-order valence-corrected chi connectivity index (χ4v) is 1.87. The molecule has 4 nitrogen and oxygen atoms in total. The number of aliphatic imine (C=N–C) groups is 1. The van der Waals surface area contributed by atoms with Crippen LogP contribution in [-0.2, 0) is 4.74 Å². The van der Waals surface area contributed by atoms with Crippen molar-refractivity contribution in [1.29, 1.82) is 0 Å². The first-order valence-corrected chi connectivity index (χ1v) is 5.95. The van der Waals surface area contributed by atoms with E-state index in [4.69, 9.17) is 10.5 Å². The predicted molar refractivity (Wildman–Crippen MR) is 63.2 cm³/mol. The minimum absolute atomic E-state index is 0.545. The monoisotopic (exact) mass is 213 g/mol. The average molecular weight is 213 g/mol. The van der Waals surface area contributed by atoms with Crippen molar-refractivity contribution in [3.63, 3.8) is 0 Å². The van der Waals surface area contributed by atoms with Gasteiger partial charge in [0.15, 0.2) is 0 Å². The van der Waals surface area contributed by atoms with Gasteiger partial charge in [-0.2, -0.15) is 0 Å². The molecule has 15 heavy (non-hydrogen) atoms. The minimum atomic E-state index is 0.545. The molecule has 2 fully saturated rings. The zero-order valence-electron chi connectivity index (χ0n) is 9.45. The van der Waals surface area contributed by atoms with Gasteiger partial charge in [-0.15, -0.1) is 0 Å². The molecule has 0 aromatic heterocycles. The first kappa shape index (κ1) is 12.5. The number of hydrogen-bond donors (Lipinski definition) is 2. The van der Waals surface area contributed by atoms with Gasteiger partial charge in [0.2, 0.25) is 0 Å². The Morgan fingerprint density at radius 3 is 2.20 bits per heavy atom. The molecule has 1 saturated carbocycles. The zero-order valence-corrected chi connectivity index (χ0v) is 9.45. The Bertz CT molecular complexity index is 152. The minimum Gasteiger partial charge on any atom is -0.390 e. The Hall–Kier alpha value is -0.610. The normalized spacial score (nSPS) is 23.5.